The van der Waals surface area contributed by atoms with E-state index in [0.717, 1.165) is 23.6 Å². The third-order valence-electron chi connectivity index (χ3n) is 3.81. The van der Waals surface area contributed by atoms with Gasteiger partial charge in [-0.15, -0.1) is 11.8 Å². The van der Waals surface area contributed by atoms with Crippen LogP contribution in [0.1, 0.15) is 36.3 Å². The lowest BCUT2D eigenvalue weighted by atomic mass is 10.1. The lowest BCUT2D eigenvalue weighted by Crippen LogP contribution is -2.08. The largest absolute Gasteiger partial charge is 0.396 e. The van der Waals surface area contributed by atoms with Crippen molar-refractivity contribution in [1.29, 1.82) is 0 Å². The highest BCUT2D eigenvalue weighted by Crippen LogP contribution is 2.26. The second kappa shape index (κ2) is 7.70. The van der Waals surface area contributed by atoms with Crippen molar-refractivity contribution < 1.29 is 5.11 Å². The molecular formula is C17H25N3OS. The van der Waals surface area contributed by atoms with Gasteiger partial charge < -0.3 is 10.4 Å². The predicted octanol–water partition coefficient (Wildman–Crippen LogP) is 3.68. The van der Waals surface area contributed by atoms with E-state index in [1.807, 2.05) is 11.7 Å². The van der Waals surface area contributed by atoms with E-state index in [9.17, 15) is 0 Å². The summed E-state index contributed by atoms with van der Waals surface area (Å²) >= 11 is 1.78. The van der Waals surface area contributed by atoms with Crippen LogP contribution in [0, 0.1) is 13.8 Å². The molecule has 0 bridgehead atoms. The van der Waals surface area contributed by atoms with Crippen molar-refractivity contribution in [3.63, 3.8) is 0 Å². The van der Waals surface area contributed by atoms with Crippen LogP contribution in [0.2, 0.25) is 0 Å². The SMILES string of the molecule is Cc1nn(C)c(C)c1C(C)Nc1ccc(SCCCO)cc1. The van der Waals surface area contributed by atoms with Crippen LogP contribution in [0.3, 0.4) is 0 Å². The van der Waals surface area contributed by atoms with Crippen LogP contribution in [0.25, 0.3) is 0 Å². The smallest absolute Gasteiger partial charge is 0.0649 e. The molecule has 2 N–H and O–H groups in total. The lowest BCUT2D eigenvalue weighted by Gasteiger charge is -2.16. The summed E-state index contributed by atoms with van der Waals surface area (Å²) in [6.07, 6.45) is 0.835. The Kier molecular flexibility index (Phi) is 5.91. The molecule has 1 aromatic heterocycles. The molecule has 0 amide bonds. The summed E-state index contributed by atoms with van der Waals surface area (Å²) in [5.41, 5.74) is 4.66. The Balaban J connectivity index is 2.01. The minimum atomic E-state index is 0.224. The first kappa shape index (κ1) is 16.9. The summed E-state index contributed by atoms with van der Waals surface area (Å²) in [4.78, 5) is 1.24. The summed E-state index contributed by atoms with van der Waals surface area (Å²) in [6, 6.07) is 8.69. The maximum atomic E-state index is 8.81. The number of thioether (sulfide) groups is 1. The third-order valence-corrected chi connectivity index (χ3v) is 4.90. The molecule has 5 heteroatoms. The average molecular weight is 319 g/mol. The van der Waals surface area contributed by atoms with Gasteiger partial charge in [0.2, 0.25) is 0 Å². The molecule has 0 spiro atoms. The number of anilines is 1. The van der Waals surface area contributed by atoms with Crippen LogP contribution in [-0.4, -0.2) is 27.2 Å². The number of rotatable bonds is 7. The molecule has 0 fully saturated rings. The van der Waals surface area contributed by atoms with Gasteiger partial charge in [0, 0.05) is 41.2 Å². The molecule has 0 saturated carbocycles. The number of benzene rings is 1. The van der Waals surface area contributed by atoms with Gasteiger partial charge in [-0.1, -0.05) is 0 Å². The maximum absolute atomic E-state index is 8.81. The third kappa shape index (κ3) is 4.05. The number of nitrogens with zero attached hydrogens (tertiary/aromatic N) is 2. The zero-order chi connectivity index (χ0) is 16.1. The molecule has 2 rings (SSSR count). The summed E-state index contributed by atoms with van der Waals surface area (Å²) in [5.74, 6) is 0.952. The van der Waals surface area contributed by atoms with E-state index >= 15 is 0 Å². The Morgan fingerprint density at radius 3 is 2.50 bits per heavy atom. The summed E-state index contributed by atoms with van der Waals surface area (Å²) in [6.45, 7) is 6.59. The Hall–Kier alpha value is -1.46. The molecule has 0 aliphatic carbocycles. The fourth-order valence-electron chi connectivity index (χ4n) is 2.64. The standard InChI is InChI=1S/C17H25N3OS/c1-12(17-13(2)19-20(4)14(17)3)18-15-6-8-16(9-7-15)22-11-5-10-21/h6-9,12,18,21H,5,10-11H2,1-4H3. The fourth-order valence-corrected chi connectivity index (χ4v) is 3.48. The van der Waals surface area contributed by atoms with Crippen molar-refractivity contribution in [3.8, 4) is 0 Å². The highest BCUT2D eigenvalue weighted by Gasteiger charge is 2.15. The summed E-state index contributed by atoms with van der Waals surface area (Å²) in [5, 5.41) is 16.8. The van der Waals surface area contributed by atoms with Gasteiger partial charge in [-0.05, 0) is 51.5 Å². The van der Waals surface area contributed by atoms with E-state index in [1.165, 1.54) is 16.2 Å². The molecule has 1 heterocycles. The molecule has 2 aromatic rings. The van der Waals surface area contributed by atoms with Gasteiger partial charge in [-0.2, -0.15) is 5.10 Å². The van der Waals surface area contributed by atoms with Crippen LogP contribution in [0.4, 0.5) is 5.69 Å². The van der Waals surface area contributed by atoms with E-state index in [4.69, 9.17) is 5.11 Å². The predicted molar refractivity (Wildman–Crippen MR) is 93.6 cm³/mol. The molecule has 0 saturated heterocycles. The highest BCUT2D eigenvalue weighted by molar-refractivity contribution is 7.99. The maximum Gasteiger partial charge on any atom is 0.0649 e. The average Bonchev–Trinajstić information content (AvgIpc) is 2.74. The monoisotopic (exact) mass is 319 g/mol. The number of aliphatic hydroxyl groups excluding tert-OH is 1. The number of aryl methyl sites for hydroxylation is 2. The number of hydrogen-bond donors (Lipinski definition) is 2. The topological polar surface area (TPSA) is 50.1 Å². The minimum Gasteiger partial charge on any atom is -0.396 e. The summed E-state index contributed by atoms with van der Waals surface area (Å²) < 4.78 is 1.93. The van der Waals surface area contributed by atoms with E-state index in [-0.39, 0.29) is 12.6 Å². The number of aliphatic hydroxyl groups is 1. The van der Waals surface area contributed by atoms with Gasteiger partial charge in [0.25, 0.3) is 0 Å². The molecule has 1 atom stereocenters. The Bertz CT molecular complexity index is 607. The van der Waals surface area contributed by atoms with Crippen LogP contribution >= 0.6 is 11.8 Å². The number of nitrogens with one attached hydrogen (secondary N) is 1. The zero-order valence-electron chi connectivity index (χ0n) is 13.8. The lowest BCUT2D eigenvalue weighted by molar-refractivity contribution is 0.296. The van der Waals surface area contributed by atoms with Gasteiger partial charge in [-0.25, -0.2) is 0 Å². The zero-order valence-corrected chi connectivity index (χ0v) is 14.6. The first-order valence-corrected chi connectivity index (χ1v) is 8.62. The summed E-state index contributed by atoms with van der Waals surface area (Å²) in [7, 11) is 1.98. The van der Waals surface area contributed by atoms with E-state index in [1.54, 1.807) is 11.8 Å². The second-order valence-corrected chi connectivity index (χ2v) is 6.69. The van der Waals surface area contributed by atoms with Gasteiger partial charge >= 0.3 is 0 Å². The van der Waals surface area contributed by atoms with Crippen molar-refractivity contribution in [2.75, 3.05) is 17.7 Å². The number of aromatic nitrogens is 2. The fraction of sp³-hybridized carbons (Fsp3) is 0.471. The molecule has 1 unspecified atom stereocenters. The van der Waals surface area contributed by atoms with Crippen molar-refractivity contribution in [3.05, 3.63) is 41.2 Å². The van der Waals surface area contributed by atoms with Gasteiger partial charge in [0.15, 0.2) is 0 Å². The highest BCUT2D eigenvalue weighted by atomic mass is 32.2. The molecule has 120 valence electrons. The van der Waals surface area contributed by atoms with E-state index < -0.39 is 0 Å². The van der Waals surface area contributed by atoms with Crippen LogP contribution in [-0.2, 0) is 7.05 Å². The van der Waals surface area contributed by atoms with Crippen LogP contribution in [0.15, 0.2) is 29.2 Å². The Labute approximate surface area is 136 Å². The molecule has 1 aromatic carbocycles. The number of hydrogen-bond acceptors (Lipinski definition) is 4. The van der Waals surface area contributed by atoms with Crippen molar-refractivity contribution in [2.45, 2.75) is 38.1 Å². The van der Waals surface area contributed by atoms with Crippen molar-refractivity contribution in [1.82, 2.24) is 9.78 Å². The Morgan fingerprint density at radius 2 is 1.95 bits per heavy atom. The second-order valence-electron chi connectivity index (χ2n) is 5.52. The molecule has 22 heavy (non-hydrogen) atoms. The normalized spacial score (nSPS) is 12.4. The first-order chi connectivity index (χ1) is 10.5. The molecule has 0 aliphatic heterocycles. The molecule has 0 radical (unpaired) electrons. The van der Waals surface area contributed by atoms with Crippen LogP contribution < -0.4 is 5.32 Å². The van der Waals surface area contributed by atoms with Gasteiger partial charge in [0.1, 0.15) is 0 Å². The van der Waals surface area contributed by atoms with E-state index in [2.05, 4.69) is 55.5 Å². The van der Waals surface area contributed by atoms with Crippen LogP contribution in [0.5, 0.6) is 0 Å². The first-order valence-electron chi connectivity index (χ1n) is 7.63. The van der Waals surface area contributed by atoms with Crippen molar-refractivity contribution in [2.24, 2.45) is 7.05 Å². The Morgan fingerprint density at radius 1 is 1.27 bits per heavy atom. The quantitative estimate of drug-likeness (QED) is 0.604. The van der Waals surface area contributed by atoms with Gasteiger partial charge in [0.05, 0.1) is 11.7 Å². The van der Waals surface area contributed by atoms with E-state index in [0.29, 0.717) is 0 Å². The molecular weight excluding hydrogens is 294 g/mol. The molecule has 4 nitrogen and oxygen atoms in total. The molecule has 0 aliphatic rings. The van der Waals surface area contributed by atoms with Gasteiger partial charge in [-0.3, -0.25) is 4.68 Å². The minimum absolute atomic E-state index is 0.224. The van der Waals surface area contributed by atoms with Crippen molar-refractivity contribution >= 4 is 17.4 Å².